The van der Waals surface area contributed by atoms with Crippen molar-refractivity contribution in [3.05, 3.63) is 59.5 Å². The maximum absolute atomic E-state index is 12.2. The Morgan fingerprint density at radius 3 is 2.57 bits per heavy atom. The molecule has 0 aliphatic carbocycles. The highest BCUT2D eigenvalue weighted by atomic mass is 32.1. The van der Waals surface area contributed by atoms with E-state index in [1.165, 1.54) is 24.5 Å². The number of thiazole rings is 1. The number of carbonyl (C=O) groups excluding carboxylic acids is 3. The molecule has 2 aromatic heterocycles. The van der Waals surface area contributed by atoms with Crippen LogP contribution in [0.25, 0.3) is 0 Å². The predicted octanol–water partition coefficient (Wildman–Crippen LogP) is 3.52. The van der Waals surface area contributed by atoms with Crippen LogP contribution in [0.1, 0.15) is 29.6 Å². The summed E-state index contributed by atoms with van der Waals surface area (Å²) in [6, 6.07) is 10.1. The van der Waals surface area contributed by atoms with Crippen LogP contribution < -0.4 is 16.0 Å². The summed E-state index contributed by atoms with van der Waals surface area (Å²) in [5, 5.41) is 10.3. The van der Waals surface area contributed by atoms with Crippen molar-refractivity contribution in [2.24, 2.45) is 0 Å². The Hall–Kier alpha value is -3.46. The Kier molecular flexibility index (Phi) is 6.18. The second-order valence-corrected chi connectivity index (χ2v) is 6.74. The largest absolute Gasteiger partial charge is 0.459 e. The highest BCUT2D eigenvalue weighted by Crippen LogP contribution is 2.19. The van der Waals surface area contributed by atoms with Gasteiger partial charge in [0.15, 0.2) is 10.9 Å². The summed E-state index contributed by atoms with van der Waals surface area (Å²) >= 11 is 1.28. The second-order valence-electron chi connectivity index (χ2n) is 5.89. The molecular formula is C19H18N4O4S. The maximum atomic E-state index is 12.2. The van der Waals surface area contributed by atoms with Crippen LogP contribution in [-0.4, -0.2) is 22.7 Å². The summed E-state index contributed by atoms with van der Waals surface area (Å²) in [7, 11) is 0. The molecule has 144 valence electrons. The van der Waals surface area contributed by atoms with Crippen LogP contribution in [0.5, 0.6) is 0 Å². The average molecular weight is 398 g/mol. The van der Waals surface area contributed by atoms with E-state index >= 15 is 0 Å². The molecule has 0 bridgehead atoms. The molecule has 0 aliphatic rings. The van der Waals surface area contributed by atoms with Crippen LogP contribution in [0, 0.1) is 0 Å². The Labute approximate surface area is 165 Å². The Bertz CT molecular complexity index is 982. The molecular weight excluding hydrogens is 380 g/mol. The van der Waals surface area contributed by atoms with Crippen LogP contribution >= 0.6 is 11.3 Å². The smallest absolute Gasteiger partial charge is 0.293 e. The molecule has 0 unspecified atom stereocenters. The van der Waals surface area contributed by atoms with Gasteiger partial charge in [0.05, 0.1) is 12.0 Å². The first-order valence-electron chi connectivity index (χ1n) is 8.46. The molecule has 0 aliphatic heterocycles. The topological polar surface area (TPSA) is 113 Å². The van der Waals surface area contributed by atoms with Gasteiger partial charge in [0, 0.05) is 30.1 Å². The van der Waals surface area contributed by atoms with Gasteiger partial charge in [-0.25, -0.2) is 4.98 Å². The van der Waals surface area contributed by atoms with E-state index < -0.39 is 0 Å². The van der Waals surface area contributed by atoms with Gasteiger partial charge in [-0.2, -0.15) is 0 Å². The molecule has 3 aromatic rings. The standard InChI is InChI=1S/C19H18N4O4S/c1-12(24)20-13-4-2-5-14(10-13)21-17(25)8-7-15-11-28-19(22-15)23-18(26)16-6-3-9-27-16/h2-6,9-11H,7-8H2,1H3,(H,20,24)(H,21,25)(H,22,23,26). The molecule has 3 N–H and O–H groups in total. The van der Waals surface area contributed by atoms with E-state index in [0.717, 1.165) is 0 Å². The average Bonchev–Trinajstić information content (AvgIpc) is 3.32. The molecule has 3 rings (SSSR count). The van der Waals surface area contributed by atoms with E-state index in [4.69, 9.17) is 4.42 Å². The minimum atomic E-state index is -0.373. The molecule has 8 nitrogen and oxygen atoms in total. The fraction of sp³-hybridized carbons (Fsp3) is 0.158. The van der Waals surface area contributed by atoms with Crippen molar-refractivity contribution in [1.82, 2.24) is 4.98 Å². The summed E-state index contributed by atoms with van der Waals surface area (Å²) < 4.78 is 5.03. The highest BCUT2D eigenvalue weighted by Gasteiger charge is 2.12. The number of aryl methyl sites for hydroxylation is 1. The minimum absolute atomic E-state index is 0.172. The number of carbonyl (C=O) groups is 3. The van der Waals surface area contributed by atoms with Gasteiger partial charge in [-0.1, -0.05) is 6.07 Å². The molecule has 0 saturated carbocycles. The van der Waals surface area contributed by atoms with Crippen molar-refractivity contribution < 1.29 is 18.8 Å². The predicted molar refractivity (Wildman–Crippen MR) is 106 cm³/mol. The Balaban J connectivity index is 1.49. The third-order valence-electron chi connectivity index (χ3n) is 3.59. The number of furan rings is 1. The molecule has 2 heterocycles. The van der Waals surface area contributed by atoms with E-state index in [1.807, 2.05) is 0 Å². The molecule has 9 heteroatoms. The highest BCUT2D eigenvalue weighted by molar-refractivity contribution is 7.13. The summed E-state index contributed by atoms with van der Waals surface area (Å²) in [5.74, 6) is -0.517. The van der Waals surface area contributed by atoms with E-state index in [9.17, 15) is 14.4 Å². The van der Waals surface area contributed by atoms with Gasteiger partial charge in [-0.3, -0.25) is 19.7 Å². The summed E-state index contributed by atoms with van der Waals surface area (Å²) in [6.45, 7) is 1.42. The van der Waals surface area contributed by atoms with Gasteiger partial charge < -0.3 is 15.1 Å². The van der Waals surface area contributed by atoms with Gasteiger partial charge in [0.1, 0.15) is 0 Å². The first-order valence-corrected chi connectivity index (χ1v) is 9.34. The van der Waals surface area contributed by atoms with Gasteiger partial charge in [0.2, 0.25) is 11.8 Å². The third-order valence-corrected chi connectivity index (χ3v) is 4.40. The van der Waals surface area contributed by atoms with Gasteiger partial charge in [-0.15, -0.1) is 11.3 Å². The number of hydrogen-bond donors (Lipinski definition) is 3. The summed E-state index contributed by atoms with van der Waals surface area (Å²) in [4.78, 5) is 39.5. The van der Waals surface area contributed by atoms with Crippen molar-refractivity contribution in [2.75, 3.05) is 16.0 Å². The van der Waals surface area contributed by atoms with Crippen LogP contribution in [0.2, 0.25) is 0 Å². The molecule has 0 saturated heterocycles. The lowest BCUT2D eigenvalue weighted by Gasteiger charge is -2.07. The number of hydrogen-bond acceptors (Lipinski definition) is 6. The number of aromatic nitrogens is 1. The number of rotatable bonds is 7. The molecule has 0 fully saturated rings. The number of benzene rings is 1. The molecule has 1 aromatic carbocycles. The van der Waals surface area contributed by atoms with Crippen molar-refractivity contribution in [1.29, 1.82) is 0 Å². The van der Waals surface area contributed by atoms with E-state index in [2.05, 4.69) is 20.9 Å². The van der Waals surface area contributed by atoms with E-state index in [-0.39, 0.29) is 29.9 Å². The van der Waals surface area contributed by atoms with Crippen LogP contribution in [0.4, 0.5) is 16.5 Å². The lowest BCUT2D eigenvalue weighted by atomic mass is 10.2. The molecule has 28 heavy (non-hydrogen) atoms. The molecule has 0 atom stereocenters. The fourth-order valence-electron chi connectivity index (χ4n) is 2.39. The molecule has 0 radical (unpaired) electrons. The quantitative estimate of drug-likeness (QED) is 0.563. The minimum Gasteiger partial charge on any atom is -0.459 e. The van der Waals surface area contributed by atoms with Crippen LogP contribution in [-0.2, 0) is 16.0 Å². The number of anilines is 3. The maximum Gasteiger partial charge on any atom is 0.293 e. The fourth-order valence-corrected chi connectivity index (χ4v) is 3.13. The first kappa shape index (κ1) is 19.3. The SMILES string of the molecule is CC(=O)Nc1cccc(NC(=O)CCc2csc(NC(=O)c3ccco3)n2)c1. The van der Waals surface area contributed by atoms with Crippen molar-refractivity contribution >= 4 is 45.6 Å². The van der Waals surface area contributed by atoms with Gasteiger partial charge >= 0.3 is 0 Å². The zero-order valence-electron chi connectivity index (χ0n) is 15.0. The van der Waals surface area contributed by atoms with Crippen molar-refractivity contribution in [2.45, 2.75) is 19.8 Å². The monoisotopic (exact) mass is 398 g/mol. The summed E-state index contributed by atoms with van der Waals surface area (Å²) in [5.41, 5.74) is 1.92. The Morgan fingerprint density at radius 2 is 1.86 bits per heavy atom. The number of amides is 3. The van der Waals surface area contributed by atoms with Crippen molar-refractivity contribution in [3.63, 3.8) is 0 Å². The normalized spacial score (nSPS) is 10.3. The molecule has 0 spiro atoms. The van der Waals surface area contributed by atoms with E-state index in [0.29, 0.717) is 28.6 Å². The number of nitrogens with zero attached hydrogens (tertiary/aromatic N) is 1. The van der Waals surface area contributed by atoms with E-state index in [1.54, 1.807) is 41.8 Å². The summed E-state index contributed by atoms with van der Waals surface area (Å²) in [6.07, 6.45) is 2.09. The Morgan fingerprint density at radius 1 is 1.07 bits per heavy atom. The van der Waals surface area contributed by atoms with Gasteiger partial charge in [-0.05, 0) is 36.8 Å². The van der Waals surface area contributed by atoms with Crippen molar-refractivity contribution in [3.8, 4) is 0 Å². The zero-order chi connectivity index (χ0) is 19.9. The van der Waals surface area contributed by atoms with Crippen LogP contribution in [0.3, 0.4) is 0 Å². The third kappa shape index (κ3) is 5.52. The van der Waals surface area contributed by atoms with Crippen LogP contribution in [0.15, 0.2) is 52.5 Å². The molecule has 3 amide bonds. The zero-order valence-corrected chi connectivity index (χ0v) is 15.8. The second kappa shape index (κ2) is 8.96. The first-order chi connectivity index (χ1) is 13.5. The lowest BCUT2D eigenvalue weighted by molar-refractivity contribution is -0.116. The lowest BCUT2D eigenvalue weighted by Crippen LogP contribution is -2.13. The number of nitrogens with one attached hydrogen (secondary N) is 3. The van der Waals surface area contributed by atoms with Gasteiger partial charge in [0.25, 0.3) is 5.91 Å².